The minimum atomic E-state index is -3.57. The lowest BCUT2D eigenvalue weighted by Crippen LogP contribution is -2.39. The van der Waals surface area contributed by atoms with Gasteiger partial charge in [-0.1, -0.05) is 11.6 Å². The summed E-state index contributed by atoms with van der Waals surface area (Å²) in [7, 11) is -2.01. The Bertz CT molecular complexity index is 882. The van der Waals surface area contributed by atoms with Crippen LogP contribution in [0.2, 0.25) is 5.02 Å². The number of rotatable bonds is 6. The van der Waals surface area contributed by atoms with E-state index in [-0.39, 0.29) is 23.1 Å². The van der Waals surface area contributed by atoms with Crippen LogP contribution in [-0.2, 0) is 10.0 Å². The summed E-state index contributed by atoms with van der Waals surface area (Å²) in [5.41, 5.74) is 0.778. The van der Waals surface area contributed by atoms with E-state index >= 15 is 0 Å². The van der Waals surface area contributed by atoms with Crippen LogP contribution in [0.4, 0.5) is 0 Å². The highest BCUT2D eigenvalue weighted by Crippen LogP contribution is 2.25. The summed E-state index contributed by atoms with van der Waals surface area (Å²) in [4.78, 5) is 8.30. The largest absolute Gasteiger partial charge is 0.496 e. The lowest BCUT2D eigenvalue weighted by Gasteiger charge is -2.28. The maximum absolute atomic E-state index is 12.6. The first kappa shape index (κ1) is 19.9. The van der Waals surface area contributed by atoms with E-state index in [0.29, 0.717) is 23.6 Å². The van der Waals surface area contributed by atoms with Gasteiger partial charge in [-0.3, -0.25) is 0 Å². The van der Waals surface area contributed by atoms with Gasteiger partial charge in [0.05, 0.1) is 29.4 Å². The van der Waals surface area contributed by atoms with Crippen LogP contribution in [-0.4, -0.2) is 37.6 Å². The monoisotopic (exact) mass is 411 g/mol. The summed E-state index contributed by atoms with van der Waals surface area (Å²) in [5, 5.41) is 0.453. The van der Waals surface area contributed by atoms with Crippen LogP contribution in [0.15, 0.2) is 35.5 Å². The third kappa shape index (κ3) is 5.09. The average molecular weight is 412 g/mol. The van der Waals surface area contributed by atoms with Crippen LogP contribution in [0, 0.1) is 6.92 Å². The number of halogens is 1. The van der Waals surface area contributed by atoms with Crippen LogP contribution in [0.1, 0.15) is 31.2 Å². The highest BCUT2D eigenvalue weighted by molar-refractivity contribution is 7.89. The predicted octanol–water partition coefficient (Wildman–Crippen LogP) is 3.12. The van der Waals surface area contributed by atoms with Crippen LogP contribution in [0.5, 0.6) is 11.8 Å². The molecule has 2 aromatic rings. The average Bonchev–Trinajstić information content (AvgIpc) is 2.65. The molecule has 0 radical (unpaired) electrons. The van der Waals surface area contributed by atoms with Gasteiger partial charge in [0.25, 0.3) is 0 Å². The second-order valence-corrected chi connectivity index (χ2v) is 8.68. The number of hydrogen-bond donors (Lipinski definition) is 1. The van der Waals surface area contributed by atoms with Crippen LogP contribution in [0.3, 0.4) is 0 Å². The van der Waals surface area contributed by atoms with E-state index in [0.717, 1.165) is 18.4 Å². The van der Waals surface area contributed by atoms with E-state index in [9.17, 15) is 8.42 Å². The first-order valence-corrected chi connectivity index (χ1v) is 10.5. The van der Waals surface area contributed by atoms with E-state index in [2.05, 4.69) is 14.7 Å². The van der Waals surface area contributed by atoms with Gasteiger partial charge in [0.1, 0.15) is 11.9 Å². The third-order valence-electron chi connectivity index (χ3n) is 4.54. The van der Waals surface area contributed by atoms with Crippen molar-refractivity contribution in [3.05, 3.63) is 41.2 Å². The summed E-state index contributed by atoms with van der Waals surface area (Å²) < 4.78 is 39.0. The number of aromatic nitrogens is 2. The number of hydrogen-bond acceptors (Lipinski definition) is 6. The summed E-state index contributed by atoms with van der Waals surface area (Å²) >= 11 is 5.76. The van der Waals surface area contributed by atoms with Crippen LogP contribution >= 0.6 is 11.6 Å². The zero-order valence-electron chi connectivity index (χ0n) is 15.2. The van der Waals surface area contributed by atoms with Crippen LogP contribution in [0.25, 0.3) is 0 Å². The van der Waals surface area contributed by atoms with Crippen molar-refractivity contribution < 1.29 is 17.9 Å². The van der Waals surface area contributed by atoms with Crippen molar-refractivity contribution in [3.63, 3.8) is 0 Å². The van der Waals surface area contributed by atoms with Gasteiger partial charge < -0.3 is 9.47 Å². The molecule has 0 aliphatic heterocycles. The number of aryl methyl sites for hydroxylation is 1. The number of ether oxygens (including phenoxy) is 2. The molecule has 27 heavy (non-hydrogen) atoms. The molecular weight excluding hydrogens is 390 g/mol. The maximum atomic E-state index is 12.6. The Morgan fingerprint density at radius 2 is 1.81 bits per heavy atom. The standard InChI is InChI=1S/C18H22ClN3O4S/c1-12-9-16(7-8-17(12)25-2)27(23,24)22-14-3-5-15(6-4-14)26-18-20-10-13(19)11-21-18/h7-11,14-15,22H,3-6H2,1-2H3. The second kappa shape index (κ2) is 8.41. The second-order valence-electron chi connectivity index (χ2n) is 6.53. The fourth-order valence-corrected chi connectivity index (χ4v) is 4.60. The molecule has 0 saturated heterocycles. The fraction of sp³-hybridized carbons (Fsp3) is 0.444. The van der Waals surface area contributed by atoms with E-state index in [4.69, 9.17) is 21.1 Å². The molecule has 3 rings (SSSR count). The summed E-state index contributed by atoms with van der Waals surface area (Å²) in [6, 6.07) is 5.01. The molecule has 1 aliphatic carbocycles. The zero-order chi connectivity index (χ0) is 19.4. The Morgan fingerprint density at radius 1 is 1.15 bits per heavy atom. The Labute approximate surface area is 164 Å². The van der Waals surface area contributed by atoms with E-state index in [1.54, 1.807) is 25.3 Å². The Balaban J connectivity index is 1.56. The molecule has 0 bridgehead atoms. The first-order valence-electron chi connectivity index (χ1n) is 8.68. The molecule has 0 amide bonds. The molecular formula is C18H22ClN3O4S. The molecule has 1 aliphatic rings. The predicted molar refractivity (Wildman–Crippen MR) is 102 cm³/mol. The van der Waals surface area contributed by atoms with Gasteiger partial charge in [-0.05, 0) is 56.4 Å². The molecule has 9 heteroatoms. The minimum absolute atomic E-state index is 0.0323. The molecule has 7 nitrogen and oxygen atoms in total. The smallest absolute Gasteiger partial charge is 0.316 e. The quantitative estimate of drug-likeness (QED) is 0.785. The number of nitrogens with zero attached hydrogens (tertiary/aromatic N) is 2. The zero-order valence-corrected chi connectivity index (χ0v) is 16.8. The Kier molecular flexibility index (Phi) is 6.18. The van der Waals surface area contributed by atoms with Crippen molar-refractivity contribution in [1.82, 2.24) is 14.7 Å². The van der Waals surface area contributed by atoms with Gasteiger partial charge in [-0.2, -0.15) is 0 Å². The molecule has 0 unspecified atom stereocenters. The molecule has 1 aromatic carbocycles. The van der Waals surface area contributed by atoms with E-state index in [1.807, 2.05) is 6.92 Å². The lowest BCUT2D eigenvalue weighted by molar-refractivity contribution is 0.132. The molecule has 1 N–H and O–H groups in total. The minimum Gasteiger partial charge on any atom is -0.496 e. The van der Waals surface area contributed by atoms with Gasteiger partial charge in [0.15, 0.2) is 0 Å². The van der Waals surface area contributed by atoms with Crippen LogP contribution < -0.4 is 14.2 Å². The normalized spacial score (nSPS) is 20.3. The SMILES string of the molecule is COc1ccc(S(=O)(=O)NC2CCC(Oc3ncc(Cl)cn3)CC2)cc1C. The molecule has 0 atom stereocenters. The van der Waals surface area contributed by atoms with Crippen molar-refractivity contribution in [1.29, 1.82) is 0 Å². The van der Waals surface area contributed by atoms with Gasteiger partial charge in [0, 0.05) is 6.04 Å². The van der Waals surface area contributed by atoms with Gasteiger partial charge in [-0.25, -0.2) is 23.1 Å². The number of sulfonamides is 1. The summed E-state index contributed by atoms with van der Waals surface area (Å²) in [6.45, 7) is 1.82. The third-order valence-corrected chi connectivity index (χ3v) is 6.25. The number of benzene rings is 1. The lowest BCUT2D eigenvalue weighted by atomic mass is 9.94. The summed E-state index contributed by atoms with van der Waals surface area (Å²) in [6.07, 6.45) is 5.76. The van der Waals surface area contributed by atoms with Crippen molar-refractivity contribution in [3.8, 4) is 11.8 Å². The molecule has 1 aromatic heterocycles. The maximum Gasteiger partial charge on any atom is 0.316 e. The van der Waals surface area contributed by atoms with E-state index in [1.165, 1.54) is 12.4 Å². The van der Waals surface area contributed by atoms with Crippen molar-refractivity contribution in [2.75, 3.05) is 7.11 Å². The molecule has 1 saturated carbocycles. The highest BCUT2D eigenvalue weighted by Gasteiger charge is 2.27. The van der Waals surface area contributed by atoms with Gasteiger partial charge in [-0.15, -0.1) is 0 Å². The molecule has 146 valence electrons. The van der Waals surface area contributed by atoms with Crippen molar-refractivity contribution in [2.45, 2.75) is 49.6 Å². The Hall–Kier alpha value is -1.90. The summed E-state index contributed by atoms with van der Waals surface area (Å²) in [5.74, 6) is 0.663. The highest BCUT2D eigenvalue weighted by atomic mass is 35.5. The molecule has 1 fully saturated rings. The van der Waals surface area contributed by atoms with Gasteiger partial charge in [0.2, 0.25) is 10.0 Å². The number of methoxy groups -OCH3 is 1. The topological polar surface area (TPSA) is 90.4 Å². The van der Waals surface area contributed by atoms with Gasteiger partial charge >= 0.3 is 6.01 Å². The van der Waals surface area contributed by atoms with Crippen molar-refractivity contribution in [2.24, 2.45) is 0 Å². The molecule has 1 heterocycles. The van der Waals surface area contributed by atoms with Crippen molar-refractivity contribution >= 4 is 21.6 Å². The Morgan fingerprint density at radius 3 is 2.41 bits per heavy atom. The first-order chi connectivity index (χ1) is 12.9. The van der Waals surface area contributed by atoms with E-state index < -0.39 is 10.0 Å². The fourth-order valence-electron chi connectivity index (χ4n) is 3.11. The number of nitrogens with one attached hydrogen (secondary N) is 1. The molecule has 0 spiro atoms.